The summed E-state index contributed by atoms with van der Waals surface area (Å²) in [7, 11) is 4.30. The van der Waals surface area contributed by atoms with E-state index in [4.69, 9.17) is 9.47 Å². The molecule has 290 valence electrons. The lowest BCUT2D eigenvalue weighted by atomic mass is 10.1. The van der Waals surface area contributed by atoms with Crippen molar-refractivity contribution in [3.8, 4) is 0 Å². The summed E-state index contributed by atoms with van der Waals surface area (Å²) in [5, 5.41) is 0. The Bertz CT molecular complexity index is 833. The van der Waals surface area contributed by atoms with Crippen molar-refractivity contribution in [3.63, 3.8) is 0 Å². The summed E-state index contributed by atoms with van der Waals surface area (Å²) in [6, 6.07) is 6.62. The normalized spacial score (nSPS) is 11.5. The van der Waals surface area contributed by atoms with Crippen molar-refractivity contribution in [2.24, 2.45) is 0 Å². The molecule has 0 bridgehead atoms. The van der Waals surface area contributed by atoms with Gasteiger partial charge in [0.1, 0.15) is 0 Å². The van der Waals surface area contributed by atoms with Gasteiger partial charge < -0.3 is 19.3 Å². The third kappa shape index (κ3) is 27.8. The van der Waals surface area contributed by atoms with Gasteiger partial charge in [0.25, 0.3) is 0 Å². The number of esters is 2. The number of rotatable bonds is 36. The molecule has 1 aromatic rings. The SMILES string of the molecule is CCCCCCCCCCCCCCN(C)CCCOC(=O)c1ccc(C(=O)OCCCN(C)CCCCCCCCCCCCCC)cc1. The summed E-state index contributed by atoms with van der Waals surface area (Å²) in [4.78, 5) is 29.6. The van der Waals surface area contributed by atoms with Crippen molar-refractivity contribution in [1.29, 1.82) is 0 Å². The molecule has 1 rings (SSSR count). The highest BCUT2D eigenvalue weighted by Crippen LogP contribution is 2.14. The highest BCUT2D eigenvalue weighted by Gasteiger charge is 2.11. The quantitative estimate of drug-likeness (QED) is 0.0513. The van der Waals surface area contributed by atoms with Crippen LogP contribution in [0.3, 0.4) is 0 Å². The van der Waals surface area contributed by atoms with E-state index in [-0.39, 0.29) is 11.9 Å². The Labute approximate surface area is 309 Å². The summed E-state index contributed by atoms with van der Waals surface area (Å²) < 4.78 is 11.0. The lowest BCUT2D eigenvalue weighted by molar-refractivity contribution is 0.0476. The summed E-state index contributed by atoms with van der Waals surface area (Å²) >= 11 is 0. The smallest absolute Gasteiger partial charge is 0.338 e. The monoisotopic (exact) mass is 701 g/mol. The standard InChI is InChI=1S/C44H80N2O4/c1-5-7-9-11-13-15-17-19-21-23-25-27-35-45(3)37-29-39-49-43(47)41-31-33-42(34-32-41)44(48)50-40-30-38-46(4)36-28-26-24-22-20-18-16-14-12-10-8-6-2/h31-34H,5-30,35-40H2,1-4H3. The predicted molar refractivity (Wildman–Crippen MR) is 213 cm³/mol. The van der Waals surface area contributed by atoms with Gasteiger partial charge in [0, 0.05) is 13.1 Å². The Hall–Kier alpha value is -1.92. The van der Waals surface area contributed by atoms with E-state index in [2.05, 4.69) is 37.7 Å². The highest BCUT2D eigenvalue weighted by atomic mass is 16.5. The van der Waals surface area contributed by atoms with E-state index in [9.17, 15) is 9.59 Å². The Morgan fingerprint density at radius 3 is 0.920 bits per heavy atom. The maximum atomic E-state index is 12.5. The van der Waals surface area contributed by atoms with Crippen LogP contribution in [-0.4, -0.2) is 75.2 Å². The maximum absolute atomic E-state index is 12.5. The highest BCUT2D eigenvalue weighted by molar-refractivity contribution is 5.93. The van der Waals surface area contributed by atoms with Gasteiger partial charge in [-0.05, 0) is 77.1 Å². The number of hydrogen-bond donors (Lipinski definition) is 0. The minimum atomic E-state index is -0.343. The van der Waals surface area contributed by atoms with Crippen LogP contribution in [0.15, 0.2) is 24.3 Å². The van der Waals surface area contributed by atoms with E-state index in [1.165, 1.54) is 154 Å². The molecule has 0 atom stereocenters. The number of hydrogen-bond acceptors (Lipinski definition) is 6. The van der Waals surface area contributed by atoms with Gasteiger partial charge in [-0.2, -0.15) is 0 Å². The van der Waals surface area contributed by atoms with Crippen LogP contribution in [0.4, 0.5) is 0 Å². The van der Waals surface area contributed by atoms with Gasteiger partial charge in [0.05, 0.1) is 24.3 Å². The number of unbranched alkanes of at least 4 members (excludes halogenated alkanes) is 22. The van der Waals surface area contributed by atoms with Crippen LogP contribution in [0, 0.1) is 0 Å². The fourth-order valence-corrected chi connectivity index (χ4v) is 6.58. The molecular formula is C44H80N2O4. The first kappa shape index (κ1) is 46.1. The first-order chi connectivity index (χ1) is 24.5. The van der Waals surface area contributed by atoms with Crippen LogP contribution in [0.2, 0.25) is 0 Å². The Kier molecular flexibility index (Phi) is 31.5. The molecular weight excluding hydrogens is 620 g/mol. The van der Waals surface area contributed by atoms with Crippen LogP contribution in [-0.2, 0) is 9.47 Å². The summed E-state index contributed by atoms with van der Waals surface area (Å²) in [5.41, 5.74) is 0.927. The molecule has 0 fully saturated rings. The van der Waals surface area contributed by atoms with Crippen molar-refractivity contribution in [3.05, 3.63) is 35.4 Å². The van der Waals surface area contributed by atoms with Gasteiger partial charge in [0.15, 0.2) is 0 Å². The van der Waals surface area contributed by atoms with E-state index in [0.29, 0.717) is 24.3 Å². The molecule has 0 N–H and O–H groups in total. The molecule has 0 radical (unpaired) electrons. The van der Waals surface area contributed by atoms with E-state index < -0.39 is 0 Å². The van der Waals surface area contributed by atoms with Crippen LogP contribution in [0.25, 0.3) is 0 Å². The summed E-state index contributed by atoms with van der Waals surface area (Å²) in [6.45, 7) is 9.40. The van der Waals surface area contributed by atoms with E-state index in [1.807, 2.05) is 0 Å². The predicted octanol–water partition coefficient (Wildman–Crippen LogP) is 12.0. The van der Waals surface area contributed by atoms with E-state index in [1.54, 1.807) is 24.3 Å². The molecule has 0 aliphatic carbocycles. The average Bonchev–Trinajstić information content (AvgIpc) is 3.12. The third-order valence-electron chi connectivity index (χ3n) is 9.98. The largest absolute Gasteiger partial charge is 0.462 e. The molecule has 50 heavy (non-hydrogen) atoms. The van der Waals surface area contributed by atoms with Crippen molar-refractivity contribution < 1.29 is 19.1 Å². The lowest BCUT2D eigenvalue weighted by Gasteiger charge is -2.16. The first-order valence-electron chi connectivity index (χ1n) is 21.3. The molecule has 0 saturated carbocycles. The minimum absolute atomic E-state index is 0.343. The number of nitrogens with zero attached hydrogens (tertiary/aromatic N) is 2. The van der Waals surface area contributed by atoms with Gasteiger partial charge in [-0.25, -0.2) is 9.59 Å². The van der Waals surface area contributed by atoms with Crippen LogP contribution in [0.5, 0.6) is 0 Å². The van der Waals surface area contributed by atoms with Gasteiger partial charge >= 0.3 is 11.9 Å². The minimum Gasteiger partial charge on any atom is -0.462 e. The van der Waals surface area contributed by atoms with Gasteiger partial charge in [-0.1, -0.05) is 155 Å². The van der Waals surface area contributed by atoms with Crippen molar-refractivity contribution in [2.75, 3.05) is 53.5 Å². The molecule has 0 aliphatic rings. The molecule has 0 amide bonds. The fourth-order valence-electron chi connectivity index (χ4n) is 6.58. The summed E-state index contributed by atoms with van der Waals surface area (Å²) in [6.07, 6.45) is 34.5. The average molecular weight is 701 g/mol. The molecule has 6 nitrogen and oxygen atoms in total. The third-order valence-corrected chi connectivity index (χ3v) is 9.98. The molecule has 1 aromatic carbocycles. The molecule has 0 unspecified atom stereocenters. The zero-order valence-corrected chi connectivity index (χ0v) is 33.5. The van der Waals surface area contributed by atoms with Gasteiger partial charge in [-0.15, -0.1) is 0 Å². The second-order valence-electron chi connectivity index (χ2n) is 14.9. The zero-order valence-electron chi connectivity index (χ0n) is 33.5. The maximum Gasteiger partial charge on any atom is 0.338 e. The van der Waals surface area contributed by atoms with Crippen molar-refractivity contribution in [2.45, 2.75) is 181 Å². The first-order valence-corrected chi connectivity index (χ1v) is 21.3. The Morgan fingerprint density at radius 2 is 0.640 bits per heavy atom. The van der Waals surface area contributed by atoms with Crippen LogP contribution < -0.4 is 0 Å². The number of carbonyl (C=O) groups excluding carboxylic acids is 2. The lowest BCUT2D eigenvalue weighted by Crippen LogP contribution is -2.22. The molecule has 0 aliphatic heterocycles. The molecule has 0 heterocycles. The second-order valence-corrected chi connectivity index (χ2v) is 14.9. The second kappa shape index (κ2) is 34.2. The Morgan fingerprint density at radius 1 is 0.400 bits per heavy atom. The van der Waals surface area contributed by atoms with Crippen LogP contribution in [0.1, 0.15) is 202 Å². The zero-order chi connectivity index (χ0) is 36.3. The topological polar surface area (TPSA) is 59.1 Å². The molecule has 6 heteroatoms. The molecule has 0 aromatic heterocycles. The van der Waals surface area contributed by atoms with Crippen molar-refractivity contribution in [1.82, 2.24) is 9.80 Å². The Balaban J connectivity index is 2.01. The number of benzene rings is 1. The van der Waals surface area contributed by atoms with Gasteiger partial charge in [-0.3, -0.25) is 0 Å². The van der Waals surface area contributed by atoms with E-state index in [0.717, 1.165) is 39.0 Å². The molecule has 0 saturated heterocycles. The van der Waals surface area contributed by atoms with Crippen LogP contribution >= 0.6 is 0 Å². The van der Waals surface area contributed by atoms with Gasteiger partial charge in [0.2, 0.25) is 0 Å². The number of carbonyl (C=O) groups is 2. The number of ether oxygens (including phenoxy) is 2. The van der Waals surface area contributed by atoms with Crippen molar-refractivity contribution >= 4 is 11.9 Å². The van der Waals surface area contributed by atoms with E-state index >= 15 is 0 Å². The molecule has 0 spiro atoms. The fraction of sp³-hybridized carbons (Fsp3) is 0.818. The summed E-state index contributed by atoms with van der Waals surface area (Å²) in [5.74, 6) is -0.686.